The van der Waals surface area contributed by atoms with E-state index in [2.05, 4.69) is 59.7 Å². The van der Waals surface area contributed by atoms with Gasteiger partial charge in [-0.15, -0.1) is 0 Å². The zero-order valence-electron chi connectivity index (χ0n) is 16.5. The quantitative estimate of drug-likeness (QED) is 0.537. The molecule has 0 spiro atoms. The molecule has 0 rings (SSSR count). The van der Waals surface area contributed by atoms with E-state index < -0.39 is 31.3 Å². The molecule has 1 atom stereocenters. The first-order valence-electron chi connectivity index (χ1n) is 8.35. The van der Waals surface area contributed by atoms with Crippen LogP contribution in [0.15, 0.2) is 0 Å². The van der Waals surface area contributed by atoms with Crippen molar-refractivity contribution in [2.45, 2.75) is 71.8 Å². The second kappa shape index (κ2) is 8.70. The van der Waals surface area contributed by atoms with Crippen LogP contribution in [0.25, 0.3) is 0 Å². The lowest BCUT2D eigenvalue weighted by atomic mass is 9.98. The van der Waals surface area contributed by atoms with E-state index in [1.54, 1.807) is 0 Å². The van der Waals surface area contributed by atoms with Crippen molar-refractivity contribution in [2.24, 2.45) is 5.41 Å². The maximum Gasteiger partial charge on any atom is 0.315 e. The predicted molar refractivity (Wildman–Crippen MR) is 103 cm³/mol. The van der Waals surface area contributed by atoms with Crippen molar-refractivity contribution < 1.29 is 23.2 Å². The molecule has 0 amide bonds. The number of aliphatic hydroxyl groups excluding tert-OH is 2. The summed E-state index contributed by atoms with van der Waals surface area (Å²) in [5.41, 5.74) is -0.102. The van der Waals surface area contributed by atoms with Gasteiger partial charge in [-0.05, 0) is 57.3 Å². The lowest BCUT2D eigenvalue weighted by molar-refractivity contribution is -0.0160. The average Bonchev–Trinajstić information content (AvgIpc) is 2.20. The van der Waals surface area contributed by atoms with Gasteiger partial charge in [0, 0.05) is 0 Å². The van der Waals surface area contributed by atoms with E-state index in [4.69, 9.17) is 18.1 Å². The molecule has 0 aliphatic heterocycles. The van der Waals surface area contributed by atoms with Crippen molar-refractivity contribution in [3.05, 3.63) is 0 Å². The van der Waals surface area contributed by atoms with E-state index in [1.165, 1.54) is 0 Å². The normalized spacial score (nSPS) is 15.8. The fourth-order valence-corrected chi connectivity index (χ4v) is 16.2. The Morgan fingerprint density at radius 1 is 0.913 bits per heavy atom. The van der Waals surface area contributed by atoms with Crippen molar-refractivity contribution in [1.29, 1.82) is 0 Å². The van der Waals surface area contributed by atoms with E-state index in [0.717, 1.165) is 6.04 Å². The van der Waals surface area contributed by atoms with Crippen molar-refractivity contribution in [2.75, 3.05) is 19.8 Å². The van der Waals surface area contributed by atoms with Gasteiger partial charge in [-0.25, -0.2) is 0 Å². The molecular weight excluding hydrogens is 344 g/mol. The third kappa shape index (κ3) is 12.5. The lowest BCUT2D eigenvalue weighted by Crippen LogP contribution is -2.54. The van der Waals surface area contributed by atoms with E-state index in [1.807, 2.05) is 0 Å². The molecule has 1 unspecified atom stereocenters. The Morgan fingerprint density at radius 3 is 1.70 bits per heavy atom. The maximum atomic E-state index is 9.39. The van der Waals surface area contributed by atoms with Crippen LogP contribution in [0.3, 0.4) is 0 Å². The van der Waals surface area contributed by atoms with Gasteiger partial charge in [-0.2, -0.15) is 0 Å². The molecule has 0 heterocycles. The summed E-state index contributed by atoms with van der Waals surface area (Å²) in [5.74, 6) is 0. The molecule has 0 saturated carbocycles. The number of rotatable bonds is 11. The van der Waals surface area contributed by atoms with Gasteiger partial charge in [0.15, 0.2) is 16.6 Å². The van der Waals surface area contributed by atoms with Gasteiger partial charge in [0.2, 0.25) is 0 Å². The van der Waals surface area contributed by atoms with Crippen molar-refractivity contribution in [3.63, 3.8) is 0 Å². The summed E-state index contributed by atoms with van der Waals surface area (Å²) in [7, 11) is -5.71. The van der Waals surface area contributed by atoms with Crippen molar-refractivity contribution in [1.82, 2.24) is 0 Å². The Morgan fingerprint density at radius 2 is 1.35 bits per heavy atom. The summed E-state index contributed by atoms with van der Waals surface area (Å²) >= 11 is 0. The molecule has 0 fully saturated rings. The van der Waals surface area contributed by atoms with Crippen molar-refractivity contribution in [3.8, 4) is 0 Å². The predicted octanol–water partition coefficient (Wildman–Crippen LogP) is 3.16. The summed E-state index contributed by atoms with van der Waals surface area (Å²) in [5, 5.41) is 18.2. The summed E-state index contributed by atoms with van der Waals surface area (Å²) in [6.07, 6.45) is -0.814. The highest BCUT2D eigenvalue weighted by Crippen LogP contribution is 2.34. The molecule has 140 valence electrons. The molecule has 0 aromatic rings. The second-order valence-electron chi connectivity index (χ2n) is 9.26. The molecular formula is C15H38O5Si3. The van der Waals surface area contributed by atoms with Gasteiger partial charge in [0.25, 0.3) is 0 Å². The van der Waals surface area contributed by atoms with Crippen LogP contribution in [0, 0.1) is 5.41 Å². The highest BCUT2D eigenvalue weighted by Gasteiger charge is 2.44. The summed E-state index contributed by atoms with van der Waals surface area (Å²) < 4.78 is 18.6. The molecule has 0 aliphatic carbocycles. The monoisotopic (exact) mass is 382 g/mol. The average molecular weight is 383 g/mol. The van der Waals surface area contributed by atoms with Crippen LogP contribution in [-0.2, 0) is 13.0 Å². The smallest absolute Gasteiger partial charge is 0.315 e. The number of ether oxygens (including phenoxy) is 1. The Hall–Kier alpha value is 0.451. The topological polar surface area (TPSA) is 68.2 Å². The molecule has 8 heteroatoms. The molecule has 0 aromatic heterocycles. The van der Waals surface area contributed by atoms with Crippen LogP contribution >= 0.6 is 0 Å². The highest BCUT2D eigenvalue weighted by atomic mass is 28.5. The minimum absolute atomic E-state index is 0.102. The highest BCUT2D eigenvalue weighted by molar-refractivity contribution is 6.87. The van der Waals surface area contributed by atoms with Gasteiger partial charge >= 0.3 is 8.56 Å². The van der Waals surface area contributed by atoms with Crippen LogP contribution in [0.5, 0.6) is 0 Å². The minimum Gasteiger partial charge on any atom is -0.437 e. The number of aliphatic hydroxyl groups is 2. The fraction of sp³-hybridized carbons (Fsp3) is 1.00. The lowest BCUT2D eigenvalue weighted by Gasteiger charge is -2.42. The van der Waals surface area contributed by atoms with E-state index >= 15 is 0 Å². The van der Waals surface area contributed by atoms with Crippen LogP contribution in [0.1, 0.15) is 13.8 Å². The van der Waals surface area contributed by atoms with Crippen molar-refractivity contribution >= 4 is 25.2 Å². The molecule has 0 aliphatic rings. The Bertz CT molecular complexity index is 334. The van der Waals surface area contributed by atoms with Gasteiger partial charge in [0.05, 0.1) is 19.8 Å². The van der Waals surface area contributed by atoms with Crippen LogP contribution in [0.2, 0.25) is 51.9 Å². The van der Waals surface area contributed by atoms with Gasteiger partial charge in [0.1, 0.15) is 6.10 Å². The van der Waals surface area contributed by atoms with Gasteiger partial charge < -0.3 is 23.2 Å². The van der Waals surface area contributed by atoms with Gasteiger partial charge in [-0.3, -0.25) is 0 Å². The standard InChI is InChI=1S/C15H38O5Si3/c1-15(2,12-18-11-14(17)10-16)13-23(9,19-21(3,4)5)20-22(6,7)8/h14,16-17H,10-13H2,1-9H3. The Kier molecular flexibility index (Phi) is 8.87. The third-order valence-electron chi connectivity index (χ3n) is 2.86. The van der Waals surface area contributed by atoms with E-state index in [-0.39, 0.29) is 18.6 Å². The zero-order valence-corrected chi connectivity index (χ0v) is 19.5. The second-order valence-corrected chi connectivity index (χ2v) is 22.0. The van der Waals surface area contributed by atoms with E-state index in [9.17, 15) is 5.11 Å². The largest absolute Gasteiger partial charge is 0.437 e. The minimum atomic E-state index is -2.31. The Balaban J connectivity index is 4.91. The van der Waals surface area contributed by atoms with Crippen LogP contribution < -0.4 is 0 Å². The molecule has 0 saturated heterocycles. The zero-order chi connectivity index (χ0) is 18.5. The molecule has 2 N–H and O–H groups in total. The van der Waals surface area contributed by atoms with E-state index in [0.29, 0.717) is 6.61 Å². The third-order valence-corrected chi connectivity index (χ3v) is 12.8. The molecule has 0 radical (unpaired) electrons. The van der Waals surface area contributed by atoms with Gasteiger partial charge in [-0.1, -0.05) is 13.8 Å². The molecule has 5 nitrogen and oxygen atoms in total. The van der Waals surface area contributed by atoms with Crippen LogP contribution in [-0.4, -0.2) is 61.3 Å². The number of hydrogen-bond donors (Lipinski definition) is 2. The Labute approximate surface area is 145 Å². The first-order valence-corrected chi connectivity index (χ1v) is 17.7. The SMILES string of the molecule is CC(C)(COCC(O)CO)C[Si](C)(O[Si](C)(C)C)O[Si](C)(C)C. The summed E-state index contributed by atoms with van der Waals surface area (Å²) in [6.45, 7) is 20.1. The van der Waals surface area contributed by atoms with Crippen LogP contribution in [0.4, 0.5) is 0 Å². The number of hydrogen-bond acceptors (Lipinski definition) is 5. The first-order chi connectivity index (χ1) is 10.1. The molecule has 0 bridgehead atoms. The fourth-order valence-electron chi connectivity index (χ4n) is 2.83. The molecule has 0 aromatic carbocycles. The summed E-state index contributed by atoms with van der Waals surface area (Å²) in [4.78, 5) is 0. The molecule has 23 heavy (non-hydrogen) atoms. The maximum absolute atomic E-state index is 9.39. The summed E-state index contributed by atoms with van der Waals surface area (Å²) in [6, 6.07) is 0.851. The first kappa shape index (κ1) is 23.5.